The predicted octanol–water partition coefficient (Wildman–Crippen LogP) is 2.84. The minimum Gasteiger partial charge on any atom is -0.424 e. The molecule has 0 spiro atoms. The normalized spacial score (nSPS) is 11.1. The highest BCUT2D eigenvalue weighted by molar-refractivity contribution is 6.32. The van der Waals surface area contributed by atoms with Crippen molar-refractivity contribution < 1.29 is 9.66 Å². The highest BCUT2D eigenvalue weighted by atomic mass is 35.5. The molecular formula is C20H16ClN5O5. The Labute approximate surface area is 179 Å². The maximum Gasteiger partial charge on any atom is 0.332 e. The summed E-state index contributed by atoms with van der Waals surface area (Å²) < 4.78 is 9.65. The number of benzene rings is 2. The summed E-state index contributed by atoms with van der Waals surface area (Å²) in [7, 11) is 2.88. The van der Waals surface area contributed by atoms with Gasteiger partial charge in [-0.25, -0.2) is 4.79 Å². The molecule has 0 unspecified atom stereocenters. The molecule has 0 radical (unpaired) electrons. The first kappa shape index (κ1) is 20.4. The van der Waals surface area contributed by atoms with Gasteiger partial charge in [-0.15, -0.1) is 0 Å². The summed E-state index contributed by atoms with van der Waals surface area (Å²) in [5, 5.41) is 11.3. The van der Waals surface area contributed by atoms with E-state index in [1.54, 1.807) is 36.4 Å². The van der Waals surface area contributed by atoms with E-state index < -0.39 is 16.2 Å². The van der Waals surface area contributed by atoms with Crippen molar-refractivity contribution in [2.75, 3.05) is 0 Å². The predicted molar refractivity (Wildman–Crippen MR) is 114 cm³/mol. The van der Waals surface area contributed by atoms with Crippen molar-refractivity contribution in [2.45, 2.75) is 6.54 Å². The first-order chi connectivity index (χ1) is 14.8. The topological polar surface area (TPSA) is 114 Å². The number of hydrogen-bond acceptors (Lipinski definition) is 6. The Morgan fingerprint density at radius 3 is 2.39 bits per heavy atom. The van der Waals surface area contributed by atoms with Crippen LogP contribution in [0.3, 0.4) is 0 Å². The van der Waals surface area contributed by atoms with Gasteiger partial charge in [-0.1, -0.05) is 35.9 Å². The van der Waals surface area contributed by atoms with Crippen LogP contribution in [-0.2, 0) is 20.6 Å². The maximum atomic E-state index is 12.9. The average molecular weight is 442 g/mol. The van der Waals surface area contributed by atoms with Crippen LogP contribution >= 0.6 is 11.6 Å². The lowest BCUT2D eigenvalue weighted by Gasteiger charge is -2.11. The van der Waals surface area contributed by atoms with Gasteiger partial charge in [-0.3, -0.25) is 28.6 Å². The number of halogens is 1. The van der Waals surface area contributed by atoms with Crippen molar-refractivity contribution in [1.29, 1.82) is 0 Å². The van der Waals surface area contributed by atoms with Gasteiger partial charge in [-0.2, -0.15) is 4.98 Å². The number of imidazole rings is 1. The lowest BCUT2D eigenvalue weighted by Crippen LogP contribution is -2.37. The average Bonchev–Trinajstić information content (AvgIpc) is 3.10. The first-order valence-electron chi connectivity index (χ1n) is 9.10. The highest BCUT2D eigenvalue weighted by Crippen LogP contribution is 2.30. The van der Waals surface area contributed by atoms with Gasteiger partial charge in [0.25, 0.3) is 11.2 Å². The van der Waals surface area contributed by atoms with E-state index in [9.17, 15) is 19.7 Å². The molecule has 158 valence electrons. The zero-order valence-corrected chi connectivity index (χ0v) is 17.2. The zero-order valence-electron chi connectivity index (χ0n) is 16.5. The maximum absolute atomic E-state index is 12.9. The summed E-state index contributed by atoms with van der Waals surface area (Å²) in [6.07, 6.45) is 0. The van der Waals surface area contributed by atoms with Gasteiger partial charge in [-0.05, 0) is 17.7 Å². The Hall–Kier alpha value is -3.92. The zero-order chi connectivity index (χ0) is 22.3. The van der Waals surface area contributed by atoms with E-state index in [2.05, 4.69) is 4.98 Å². The fraction of sp³-hybridized carbons (Fsp3) is 0.150. The second kappa shape index (κ2) is 7.73. The number of nitro groups is 1. The Kier molecular flexibility index (Phi) is 5.07. The van der Waals surface area contributed by atoms with Crippen molar-refractivity contribution in [3.05, 3.63) is 90.1 Å². The number of aryl methyl sites for hydroxylation is 1. The monoisotopic (exact) mass is 441 g/mol. The lowest BCUT2D eigenvalue weighted by molar-refractivity contribution is -0.384. The highest BCUT2D eigenvalue weighted by Gasteiger charge is 2.21. The van der Waals surface area contributed by atoms with Crippen LogP contribution in [0.2, 0.25) is 5.02 Å². The third-order valence-corrected chi connectivity index (χ3v) is 5.15. The summed E-state index contributed by atoms with van der Waals surface area (Å²) in [6, 6.07) is 12.7. The number of nitro benzene ring substituents is 1. The largest absolute Gasteiger partial charge is 0.424 e. The van der Waals surface area contributed by atoms with E-state index >= 15 is 0 Å². The number of para-hydroxylation sites is 1. The number of non-ortho nitro benzene ring substituents is 1. The number of aromatic nitrogens is 4. The first-order valence-corrected chi connectivity index (χ1v) is 9.47. The van der Waals surface area contributed by atoms with Crippen molar-refractivity contribution in [3.8, 4) is 11.8 Å². The van der Waals surface area contributed by atoms with Gasteiger partial charge in [0.15, 0.2) is 11.2 Å². The van der Waals surface area contributed by atoms with Crippen molar-refractivity contribution in [2.24, 2.45) is 14.1 Å². The van der Waals surface area contributed by atoms with E-state index in [0.29, 0.717) is 16.3 Å². The van der Waals surface area contributed by atoms with E-state index in [0.717, 1.165) is 4.57 Å². The number of rotatable bonds is 5. The minimum atomic E-state index is -0.540. The molecule has 0 aliphatic heterocycles. The number of hydrogen-bond donors (Lipinski definition) is 0. The van der Waals surface area contributed by atoms with E-state index in [1.807, 2.05) is 0 Å². The Balaban J connectivity index is 1.91. The smallest absolute Gasteiger partial charge is 0.332 e. The second-order valence-corrected chi connectivity index (χ2v) is 7.22. The molecule has 0 bridgehead atoms. The van der Waals surface area contributed by atoms with Crippen LogP contribution < -0.4 is 16.0 Å². The van der Waals surface area contributed by atoms with Crippen LogP contribution in [0, 0.1) is 10.1 Å². The molecule has 0 amide bonds. The van der Waals surface area contributed by atoms with Crippen LogP contribution in [0.4, 0.5) is 5.69 Å². The Morgan fingerprint density at radius 2 is 1.74 bits per heavy atom. The molecule has 0 fully saturated rings. The van der Waals surface area contributed by atoms with Crippen LogP contribution in [0.1, 0.15) is 5.56 Å². The molecule has 0 atom stereocenters. The number of ether oxygens (including phenoxy) is 1. The van der Waals surface area contributed by atoms with Gasteiger partial charge in [0.1, 0.15) is 5.75 Å². The van der Waals surface area contributed by atoms with Crippen LogP contribution in [0.5, 0.6) is 11.8 Å². The van der Waals surface area contributed by atoms with Crippen LogP contribution in [-0.4, -0.2) is 23.6 Å². The Bertz CT molecular complexity index is 1440. The minimum absolute atomic E-state index is 0.0508. The third kappa shape index (κ3) is 3.57. The molecule has 2 aromatic carbocycles. The van der Waals surface area contributed by atoms with Gasteiger partial charge in [0, 0.05) is 26.2 Å². The molecule has 0 aliphatic rings. The van der Waals surface area contributed by atoms with Crippen molar-refractivity contribution in [1.82, 2.24) is 18.7 Å². The summed E-state index contributed by atoms with van der Waals surface area (Å²) in [6.45, 7) is 0.127. The van der Waals surface area contributed by atoms with Gasteiger partial charge in [0.05, 0.1) is 16.5 Å². The van der Waals surface area contributed by atoms with Gasteiger partial charge >= 0.3 is 11.7 Å². The SMILES string of the molecule is Cn1c(=O)c2c(nc(Oc3ccccc3Cl)n2Cc2ccc([N+](=O)[O-])cc2)n(C)c1=O. The lowest BCUT2D eigenvalue weighted by atomic mass is 10.2. The molecule has 2 aromatic heterocycles. The standard InChI is InChI=1S/C20H16ClN5O5/c1-23-17-16(18(27)24(2)20(23)28)25(11-12-7-9-13(10-8-12)26(29)30)19(22-17)31-15-6-4-3-5-14(15)21/h3-10H,11H2,1-2H3. The van der Waals surface area contributed by atoms with E-state index in [4.69, 9.17) is 16.3 Å². The Morgan fingerprint density at radius 1 is 1.06 bits per heavy atom. The fourth-order valence-corrected chi connectivity index (χ4v) is 3.36. The van der Waals surface area contributed by atoms with E-state index in [-0.39, 0.29) is 29.4 Å². The van der Waals surface area contributed by atoms with E-state index in [1.165, 1.54) is 35.4 Å². The molecule has 0 N–H and O–H groups in total. The second-order valence-electron chi connectivity index (χ2n) is 6.81. The number of fused-ring (bicyclic) bond motifs is 1. The quantitative estimate of drug-likeness (QED) is 0.347. The van der Waals surface area contributed by atoms with Gasteiger partial charge in [0.2, 0.25) is 0 Å². The molecule has 4 rings (SSSR count). The molecule has 2 heterocycles. The van der Waals surface area contributed by atoms with Crippen molar-refractivity contribution >= 4 is 28.5 Å². The van der Waals surface area contributed by atoms with Crippen molar-refractivity contribution in [3.63, 3.8) is 0 Å². The molecule has 0 saturated heterocycles. The summed E-state index contributed by atoms with van der Waals surface area (Å²) >= 11 is 6.20. The van der Waals surface area contributed by atoms with Gasteiger partial charge < -0.3 is 4.74 Å². The molecule has 0 saturated carbocycles. The summed E-state index contributed by atoms with van der Waals surface area (Å²) in [5.41, 5.74) is -0.139. The molecular weight excluding hydrogens is 426 g/mol. The molecule has 10 nitrogen and oxygen atoms in total. The molecule has 31 heavy (non-hydrogen) atoms. The van der Waals surface area contributed by atoms with Crippen LogP contribution in [0.25, 0.3) is 11.2 Å². The molecule has 0 aliphatic carbocycles. The molecule has 11 heteroatoms. The van der Waals surface area contributed by atoms with Crippen LogP contribution in [0.15, 0.2) is 58.1 Å². The summed E-state index contributed by atoms with van der Waals surface area (Å²) in [5.74, 6) is 0.325. The third-order valence-electron chi connectivity index (χ3n) is 4.84. The summed E-state index contributed by atoms with van der Waals surface area (Å²) in [4.78, 5) is 40.1. The number of nitrogens with zero attached hydrogens (tertiary/aromatic N) is 5. The fourth-order valence-electron chi connectivity index (χ4n) is 3.18. The molecule has 4 aromatic rings.